The summed E-state index contributed by atoms with van der Waals surface area (Å²) in [6.07, 6.45) is 0. The molecule has 2 aromatic rings. The Morgan fingerprint density at radius 2 is 0.952 bits per heavy atom. The van der Waals surface area contributed by atoms with Gasteiger partial charge < -0.3 is 0 Å². The third kappa shape index (κ3) is 2.47. The summed E-state index contributed by atoms with van der Waals surface area (Å²) in [5.74, 6) is 0. The topological polar surface area (TPSA) is 0 Å². The van der Waals surface area contributed by atoms with E-state index in [1.54, 1.807) is 6.92 Å². The van der Waals surface area contributed by atoms with Gasteiger partial charge in [-0.25, -0.2) is 0 Å². The fraction of sp³-hybridized carbons (Fsp3) is 0.0769. The molecule has 0 amide bonds. The molecule has 2 aromatic carbocycles. The van der Waals surface area contributed by atoms with Gasteiger partial charge in [-0.15, -0.1) is 27.3 Å². The van der Waals surface area contributed by atoms with Crippen LogP contribution in [0.1, 0.15) is 5.56 Å². The van der Waals surface area contributed by atoms with Gasteiger partial charge in [0, 0.05) is 0 Å². The first-order valence-electron chi connectivity index (χ1n) is 6.14. The van der Waals surface area contributed by atoms with Crippen molar-refractivity contribution >= 4 is 106 Å². The van der Waals surface area contributed by atoms with Crippen molar-refractivity contribution in [3.8, 4) is 11.1 Å². The van der Waals surface area contributed by atoms with Gasteiger partial charge >= 0.3 is 0 Å². The molecule has 80 valence electrons. The molecule has 0 N–H and O–H groups in total. The van der Waals surface area contributed by atoms with Crippen LogP contribution >= 0.6 is 0 Å². The number of hydrogen-bond donors (Lipinski definition) is 0. The van der Waals surface area contributed by atoms with E-state index in [1.165, 1.54) is 6.07 Å². The second-order valence-corrected chi connectivity index (χ2v) is 4.91. The van der Waals surface area contributed by atoms with Crippen LogP contribution in [0.4, 0.5) is 0 Å². The molecule has 0 nitrogen and oxygen atoms in total. The van der Waals surface area contributed by atoms with Crippen molar-refractivity contribution in [2.24, 2.45) is 0 Å². The highest BCUT2D eigenvalue weighted by atomic mass is 14.1. The first kappa shape index (κ1) is 16.3. The van der Waals surface area contributed by atoms with Crippen molar-refractivity contribution in [1.29, 1.82) is 0 Å². The highest BCUT2D eigenvalue weighted by Gasteiger charge is 2.16. The lowest BCUT2D eigenvalue weighted by atomic mass is 9.59. The lowest BCUT2D eigenvalue weighted by Crippen LogP contribution is -2.51. The van der Waals surface area contributed by atoms with E-state index >= 15 is 0 Å². The molecule has 0 unspecified atom stereocenters. The van der Waals surface area contributed by atoms with E-state index in [1.807, 2.05) is 0 Å². The van der Waals surface area contributed by atoms with Crippen LogP contribution in [0, 0.1) is 6.92 Å². The third-order valence-corrected chi connectivity index (χ3v) is 3.64. The van der Waals surface area contributed by atoms with E-state index in [9.17, 15) is 0 Å². The first-order chi connectivity index (χ1) is 9.68. The molecule has 0 fully saturated rings. The highest BCUT2D eigenvalue weighted by Crippen LogP contribution is 2.13. The van der Waals surface area contributed by atoms with E-state index in [4.69, 9.17) is 62.8 Å². The van der Waals surface area contributed by atoms with Crippen LogP contribution in [-0.2, 0) is 0 Å². The normalized spacial score (nSPS) is 10.7. The van der Waals surface area contributed by atoms with Crippen molar-refractivity contribution in [3.63, 3.8) is 0 Å². The molecule has 0 aliphatic rings. The van der Waals surface area contributed by atoms with Crippen LogP contribution in [0.2, 0.25) is 0 Å². The standard InChI is InChI=1S/C13H4B8/c1-3-6(11(19)13(21)12(20)8(3)16)7-9(17)4(14)2-5(15)10(7)18/h2H,1H3. The van der Waals surface area contributed by atoms with Crippen molar-refractivity contribution in [3.05, 3.63) is 11.6 Å². The number of hydrogen-bond acceptors (Lipinski definition) is 0. The Kier molecular flexibility index (Phi) is 4.38. The van der Waals surface area contributed by atoms with Gasteiger partial charge in [0.05, 0.1) is 0 Å². The van der Waals surface area contributed by atoms with Crippen molar-refractivity contribution in [1.82, 2.24) is 0 Å². The molecule has 0 spiro atoms. The number of rotatable bonds is 1. The van der Waals surface area contributed by atoms with Gasteiger partial charge in [-0.3, -0.25) is 0 Å². The van der Waals surface area contributed by atoms with E-state index in [0.717, 1.165) is 0 Å². The largest absolute Gasteiger partial charge is 0.113 e. The molecule has 0 saturated carbocycles. The quantitative estimate of drug-likeness (QED) is 0.440. The monoisotopic (exact) mass is 248 g/mol. The second kappa shape index (κ2) is 5.63. The highest BCUT2D eigenvalue weighted by molar-refractivity contribution is 6.65. The molecule has 0 aliphatic heterocycles. The Morgan fingerprint density at radius 3 is 1.43 bits per heavy atom. The molecule has 0 atom stereocenters. The summed E-state index contributed by atoms with van der Waals surface area (Å²) >= 11 is 0. The van der Waals surface area contributed by atoms with E-state index in [2.05, 4.69) is 0 Å². The smallest absolute Gasteiger partial charge is 0.111 e. The fourth-order valence-electron chi connectivity index (χ4n) is 2.31. The molecule has 0 saturated heterocycles. The second-order valence-electron chi connectivity index (χ2n) is 4.91. The van der Waals surface area contributed by atoms with Crippen molar-refractivity contribution in [2.75, 3.05) is 0 Å². The molecule has 16 radical (unpaired) electrons. The Morgan fingerprint density at radius 1 is 0.524 bits per heavy atom. The summed E-state index contributed by atoms with van der Waals surface area (Å²) in [5.41, 5.74) is 3.60. The van der Waals surface area contributed by atoms with Gasteiger partial charge in [0.1, 0.15) is 62.8 Å². The number of benzene rings is 2. The van der Waals surface area contributed by atoms with Crippen LogP contribution in [0.25, 0.3) is 11.1 Å². The molecule has 8 heteroatoms. The average Bonchev–Trinajstić information content (AvgIpc) is 2.44. The van der Waals surface area contributed by atoms with Crippen LogP contribution in [0.3, 0.4) is 0 Å². The minimum absolute atomic E-state index is 0.174. The summed E-state index contributed by atoms with van der Waals surface area (Å²) in [4.78, 5) is 0. The van der Waals surface area contributed by atoms with Gasteiger partial charge in [-0.2, -0.15) is 0 Å². The Balaban J connectivity index is 3.00. The van der Waals surface area contributed by atoms with Gasteiger partial charge in [-0.05, 0) is 18.1 Å². The Bertz CT molecular complexity index is 696. The predicted octanol–water partition coefficient (Wildman–Crippen LogP) is -5.99. The molecular formula is C13H4B8. The van der Waals surface area contributed by atoms with Gasteiger partial charge in [0.15, 0.2) is 0 Å². The van der Waals surface area contributed by atoms with Crippen molar-refractivity contribution in [2.45, 2.75) is 6.92 Å². The first-order valence-corrected chi connectivity index (χ1v) is 6.14. The molecule has 0 heterocycles. The van der Waals surface area contributed by atoms with Crippen LogP contribution < -0.4 is 43.7 Å². The summed E-state index contributed by atoms with van der Waals surface area (Å²) in [7, 11) is 47.5. The van der Waals surface area contributed by atoms with E-state index in [0.29, 0.717) is 33.1 Å². The maximum atomic E-state index is 6.07. The zero-order chi connectivity index (χ0) is 16.1. The lowest BCUT2D eigenvalue weighted by molar-refractivity contribution is 1.55. The van der Waals surface area contributed by atoms with Crippen LogP contribution in [0.5, 0.6) is 0 Å². The molecular weight excluding hydrogens is 243 g/mol. The average molecular weight is 247 g/mol. The molecule has 21 heavy (non-hydrogen) atoms. The van der Waals surface area contributed by atoms with Gasteiger partial charge in [-0.1, -0.05) is 28.0 Å². The van der Waals surface area contributed by atoms with Crippen molar-refractivity contribution < 1.29 is 0 Å². The van der Waals surface area contributed by atoms with Crippen LogP contribution in [0.15, 0.2) is 6.07 Å². The molecule has 2 rings (SSSR count). The Labute approximate surface area is 136 Å². The summed E-state index contributed by atoms with van der Waals surface area (Å²) < 4.78 is 0. The van der Waals surface area contributed by atoms with Crippen LogP contribution in [-0.4, -0.2) is 62.8 Å². The van der Waals surface area contributed by atoms with E-state index < -0.39 is 0 Å². The zero-order valence-electron chi connectivity index (χ0n) is 11.7. The SMILES string of the molecule is [B]c1cc([B])c([B])c(-c2c([B])c([B])c([B])c([B])c2C)c1[B]. The third-order valence-electron chi connectivity index (χ3n) is 3.64. The summed E-state index contributed by atoms with van der Waals surface area (Å²) in [6, 6.07) is 1.49. The van der Waals surface area contributed by atoms with E-state index in [-0.39, 0.29) is 27.3 Å². The minimum atomic E-state index is 0.174. The fourth-order valence-corrected chi connectivity index (χ4v) is 2.31. The molecule has 0 aromatic heterocycles. The maximum Gasteiger partial charge on any atom is 0.113 e. The minimum Gasteiger partial charge on any atom is -0.111 e. The van der Waals surface area contributed by atoms with Gasteiger partial charge in [0.25, 0.3) is 0 Å². The molecule has 0 bridgehead atoms. The summed E-state index contributed by atoms with van der Waals surface area (Å²) in [6.45, 7) is 1.75. The van der Waals surface area contributed by atoms with Gasteiger partial charge in [0.2, 0.25) is 0 Å². The predicted molar refractivity (Wildman–Crippen MR) is 99.7 cm³/mol. The lowest BCUT2D eigenvalue weighted by Gasteiger charge is -2.25. The Hall–Kier alpha value is -1.04. The maximum absolute atomic E-state index is 6.07. The summed E-state index contributed by atoms with van der Waals surface area (Å²) in [5, 5.41) is 0. The zero-order valence-corrected chi connectivity index (χ0v) is 11.7. The molecule has 0 aliphatic carbocycles.